The molecule has 1 aliphatic carbocycles. The summed E-state index contributed by atoms with van der Waals surface area (Å²) < 4.78 is 22.6. The second-order valence-electron chi connectivity index (χ2n) is 7.56. The van der Waals surface area contributed by atoms with Gasteiger partial charge in [0.25, 0.3) is 5.56 Å². The van der Waals surface area contributed by atoms with E-state index < -0.39 is 17.1 Å². The zero-order valence-corrected chi connectivity index (χ0v) is 16.5. The van der Waals surface area contributed by atoms with Crippen LogP contribution in [0.15, 0.2) is 58.3 Å². The summed E-state index contributed by atoms with van der Waals surface area (Å²) in [7, 11) is 1.56. The predicted octanol–water partition coefficient (Wildman–Crippen LogP) is 3.96. The highest BCUT2D eigenvalue weighted by Crippen LogP contribution is 2.34. The van der Waals surface area contributed by atoms with Gasteiger partial charge in [0, 0.05) is 17.6 Å². The van der Waals surface area contributed by atoms with Crippen LogP contribution in [-0.4, -0.2) is 21.2 Å². The molecular formula is C23H20FN3O3. The van der Waals surface area contributed by atoms with E-state index >= 15 is 0 Å². The lowest BCUT2D eigenvalue weighted by molar-refractivity contribution is 0.419. The minimum atomic E-state index is -0.621. The van der Waals surface area contributed by atoms with Crippen molar-refractivity contribution in [3.05, 3.63) is 75.3 Å². The first kappa shape index (κ1) is 18.5. The van der Waals surface area contributed by atoms with E-state index in [-0.39, 0.29) is 17.1 Å². The zero-order chi connectivity index (χ0) is 20.8. The van der Waals surface area contributed by atoms with Gasteiger partial charge in [0.2, 0.25) is 0 Å². The molecule has 0 aliphatic heterocycles. The lowest BCUT2D eigenvalue weighted by Gasteiger charge is -2.20. The molecule has 30 heavy (non-hydrogen) atoms. The van der Waals surface area contributed by atoms with E-state index in [1.54, 1.807) is 23.8 Å². The summed E-state index contributed by atoms with van der Waals surface area (Å²) >= 11 is 0. The Kier molecular flexibility index (Phi) is 4.38. The number of hydrogen-bond acceptors (Lipinski definition) is 4. The standard InChI is InChI=1S/C23H20FN3O3/c1-30-19-12-6-9-15-20(19)25-13-16-21(15)26(14-7-2-3-8-14)23(29)27(22(16)28)18-11-5-4-10-17(18)24/h4-6,9-14H,2-3,7-8H2,1H3. The maximum Gasteiger partial charge on any atom is 0.336 e. The van der Waals surface area contributed by atoms with Gasteiger partial charge in [0.15, 0.2) is 0 Å². The molecule has 2 aromatic carbocycles. The van der Waals surface area contributed by atoms with E-state index in [2.05, 4.69) is 4.98 Å². The van der Waals surface area contributed by atoms with Crippen LogP contribution in [0.1, 0.15) is 31.7 Å². The van der Waals surface area contributed by atoms with Crippen molar-refractivity contribution in [1.29, 1.82) is 0 Å². The first-order chi connectivity index (χ1) is 14.6. The van der Waals surface area contributed by atoms with Gasteiger partial charge in [-0.3, -0.25) is 14.3 Å². The zero-order valence-electron chi connectivity index (χ0n) is 16.5. The van der Waals surface area contributed by atoms with Gasteiger partial charge in [-0.15, -0.1) is 0 Å². The van der Waals surface area contributed by atoms with Crippen LogP contribution in [0.4, 0.5) is 4.39 Å². The number of halogens is 1. The summed E-state index contributed by atoms with van der Waals surface area (Å²) in [6, 6.07) is 11.2. The number of methoxy groups -OCH3 is 1. The first-order valence-corrected chi connectivity index (χ1v) is 9.99. The third-order valence-corrected chi connectivity index (χ3v) is 5.91. The van der Waals surface area contributed by atoms with E-state index in [4.69, 9.17) is 4.74 Å². The molecule has 2 aromatic heterocycles. The molecule has 6 nitrogen and oxygen atoms in total. The molecule has 152 valence electrons. The molecule has 0 saturated heterocycles. The molecule has 0 unspecified atom stereocenters. The largest absolute Gasteiger partial charge is 0.494 e. The van der Waals surface area contributed by atoms with E-state index in [0.29, 0.717) is 22.2 Å². The number of benzene rings is 2. The average molecular weight is 405 g/mol. The molecule has 4 aromatic rings. The summed E-state index contributed by atoms with van der Waals surface area (Å²) in [6.07, 6.45) is 5.13. The minimum absolute atomic E-state index is 0.0492. The summed E-state index contributed by atoms with van der Waals surface area (Å²) in [5.41, 5.74) is -0.0339. The van der Waals surface area contributed by atoms with Gasteiger partial charge >= 0.3 is 5.69 Å². The highest BCUT2D eigenvalue weighted by molar-refractivity contribution is 6.05. The van der Waals surface area contributed by atoms with Crippen LogP contribution in [0.3, 0.4) is 0 Å². The highest BCUT2D eigenvalue weighted by Gasteiger charge is 2.26. The van der Waals surface area contributed by atoms with Gasteiger partial charge in [0.1, 0.15) is 17.1 Å². The Hall–Kier alpha value is -3.48. The second kappa shape index (κ2) is 7.09. The smallest absolute Gasteiger partial charge is 0.336 e. The molecule has 2 heterocycles. The topological polar surface area (TPSA) is 66.1 Å². The fourth-order valence-electron chi connectivity index (χ4n) is 4.52. The normalized spacial score (nSPS) is 14.6. The van der Waals surface area contributed by atoms with Gasteiger partial charge in [-0.25, -0.2) is 13.8 Å². The third-order valence-electron chi connectivity index (χ3n) is 5.91. The molecule has 0 N–H and O–H groups in total. The Morgan fingerprint density at radius 3 is 2.53 bits per heavy atom. The lowest BCUT2D eigenvalue weighted by atomic mass is 10.1. The van der Waals surface area contributed by atoms with Crippen molar-refractivity contribution >= 4 is 21.8 Å². The fourth-order valence-corrected chi connectivity index (χ4v) is 4.52. The summed E-state index contributed by atoms with van der Waals surface area (Å²) in [6.45, 7) is 0. The molecule has 7 heteroatoms. The molecule has 1 saturated carbocycles. The maximum atomic E-state index is 14.6. The number of para-hydroxylation sites is 2. The third kappa shape index (κ3) is 2.65. The summed E-state index contributed by atoms with van der Waals surface area (Å²) in [4.78, 5) is 31.5. The second-order valence-corrected chi connectivity index (χ2v) is 7.56. The Morgan fingerprint density at radius 2 is 1.80 bits per heavy atom. The monoisotopic (exact) mass is 405 g/mol. The lowest BCUT2D eigenvalue weighted by Crippen LogP contribution is -2.40. The van der Waals surface area contributed by atoms with Crippen LogP contribution >= 0.6 is 0 Å². The van der Waals surface area contributed by atoms with Crippen LogP contribution in [0, 0.1) is 5.82 Å². The number of aromatic nitrogens is 3. The Labute approximate surface area is 171 Å². The van der Waals surface area contributed by atoms with Crippen molar-refractivity contribution in [3.8, 4) is 11.4 Å². The summed E-state index contributed by atoms with van der Waals surface area (Å²) in [5, 5.41) is 0.958. The predicted molar refractivity (Wildman–Crippen MR) is 113 cm³/mol. The molecule has 1 fully saturated rings. The van der Waals surface area contributed by atoms with Gasteiger partial charge in [-0.05, 0) is 31.0 Å². The Balaban J connectivity index is 1.99. The summed E-state index contributed by atoms with van der Waals surface area (Å²) in [5.74, 6) is -0.0532. The Bertz CT molecular complexity index is 1400. The molecule has 0 atom stereocenters. The average Bonchev–Trinajstić information content (AvgIpc) is 3.29. The van der Waals surface area contributed by atoms with E-state index in [0.717, 1.165) is 30.3 Å². The van der Waals surface area contributed by atoms with Gasteiger partial charge in [0.05, 0.1) is 23.7 Å². The molecule has 0 amide bonds. The molecule has 0 spiro atoms. The molecule has 0 radical (unpaired) electrons. The van der Waals surface area contributed by atoms with Crippen LogP contribution in [0.5, 0.6) is 5.75 Å². The van der Waals surface area contributed by atoms with Crippen LogP contribution in [-0.2, 0) is 0 Å². The van der Waals surface area contributed by atoms with Crippen molar-refractivity contribution < 1.29 is 9.13 Å². The quantitative estimate of drug-likeness (QED) is 0.484. The van der Waals surface area contributed by atoms with E-state index in [1.165, 1.54) is 24.4 Å². The van der Waals surface area contributed by atoms with Crippen molar-refractivity contribution in [2.45, 2.75) is 31.7 Å². The van der Waals surface area contributed by atoms with Gasteiger partial charge in [-0.2, -0.15) is 0 Å². The molecular weight excluding hydrogens is 385 g/mol. The van der Waals surface area contributed by atoms with Gasteiger partial charge < -0.3 is 4.74 Å². The number of pyridine rings is 1. The van der Waals surface area contributed by atoms with Crippen LogP contribution in [0.25, 0.3) is 27.5 Å². The minimum Gasteiger partial charge on any atom is -0.494 e. The first-order valence-electron chi connectivity index (χ1n) is 9.99. The van der Waals surface area contributed by atoms with Crippen molar-refractivity contribution in [2.75, 3.05) is 7.11 Å². The number of ether oxygens (including phenoxy) is 1. The molecule has 5 rings (SSSR count). The van der Waals surface area contributed by atoms with Crippen LogP contribution < -0.4 is 16.0 Å². The number of fused-ring (bicyclic) bond motifs is 3. The highest BCUT2D eigenvalue weighted by atomic mass is 19.1. The van der Waals surface area contributed by atoms with Crippen molar-refractivity contribution in [1.82, 2.24) is 14.1 Å². The van der Waals surface area contributed by atoms with E-state index in [1.807, 2.05) is 12.1 Å². The SMILES string of the molecule is COc1cccc2c1ncc1c(=O)n(-c3ccccc3F)c(=O)n(C3CCCC3)c12. The number of hydrogen-bond donors (Lipinski definition) is 0. The number of rotatable bonds is 3. The van der Waals surface area contributed by atoms with Crippen molar-refractivity contribution in [3.63, 3.8) is 0 Å². The fraction of sp³-hybridized carbons (Fsp3) is 0.261. The maximum absolute atomic E-state index is 14.6. The van der Waals surface area contributed by atoms with Crippen molar-refractivity contribution in [2.24, 2.45) is 0 Å². The van der Waals surface area contributed by atoms with Gasteiger partial charge in [-0.1, -0.05) is 37.1 Å². The number of nitrogens with zero attached hydrogens (tertiary/aromatic N) is 3. The Morgan fingerprint density at radius 1 is 1.03 bits per heavy atom. The molecule has 1 aliphatic rings. The van der Waals surface area contributed by atoms with E-state index in [9.17, 15) is 14.0 Å². The molecule has 0 bridgehead atoms. The van der Waals surface area contributed by atoms with Crippen LogP contribution in [0.2, 0.25) is 0 Å².